The van der Waals surface area contributed by atoms with E-state index in [2.05, 4.69) is 4.72 Å². The van der Waals surface area contributed by atoms with Crippen LogP contribution in [0.3, 0.4) is 0 Å². The van der Waals surface area contributed by atoms with E-state index in [-0.39, 0.29) is 16.8 Å². The van der Waals surface area contributed by atoms with Gasteiger partial charge in [0.1, 0.15) is 0 Å². The lowest BCUT2D eigenvalue weighted by molar-refractivity contribution is -0.116. The van der Waals surface area contributed by atoms with Gasteiger partial charge in [0.2, 0.25) is 5.91 Å². The van der Waals surface area contributed by atoms with Crippen LogP contribution in [-0.4, -0.2) is 20.4 Å². The van der Waals surface area contributed by atoms with Crippen LogP contribution in [0.15, 0.2) is 53.4 Å². The second-order valence-electron chi connectivity index (χ2n) is 5.70. The highest BCUT2D eigenvalue weighted by atomic mass is 32.2. The molecule has 1 N–H and O–H groups in total. The standard InChI is InChI=1S/C17H18N2O3S/c1-12-10-14-11-16(8-9-17(14)19(12)13(2)20)23(21,22)18-15-6-4-3-5-7-15/h3-9,11-12,18H,10H2,1-2H3. The molecule has 120 valence electrons. The van der Waals surface area contributed by atoms with E-state index in [1.807, 2.05) is 13.0 Å². The molecule has 0 fully saturated rings. The normalized spacial score (nSPS) is 17.0. The molecule has 0 saturated heterocycles. The number of para-hydroxylation sites is 1. The minimum Gasteiger partial charge on any atom is -0.309 e. The zero-order valence-corrected chi connectivity index (χ0v) is 13.8. The van der Waals surface area contributed by atoms with Crippen molar-refractivity contribution in [3.8, 4) is 0 Å². The number of rotatable bonds is 3. The second-order valence-corrected chi connectivity index (χ2v) is 7.39. The quantitative estimate of drug-likeness (QED) is 0.941. The van der Waals surface area contributed by atoms with Crippen LogP contribution in [0, 0.1) is 0 Å². The molecule has 0 bridgehead atoms. The summed E-state index contributed by atoms with van der Waals surface area (Å²) in [4.78, 5) is 13.6. The molecule has 5 nitrogen and oxygen atoms in total. The van der Waals surface area contributed by atoms with E-state index in [0.717, 1.165) is 11.3 Å². The molecule has 0 radical (unpaired) electrons. The monoisotopic (exact) mass is 330 g/mol. The number of hydrogen-bond acceptors (Lipinski definition) is 3. The molecule has 1 aliphatic rings. The fraction of sp³-hybridized carbons (Fsp3) is 0.235. The number of hydrogen-bond donors (Lipinski definition) is 1. The van der Waals surface area contributed by atoms with Gasteiger partial charge in [0.15, 0.2) is 0 Å². The fourth-order valence-corrected chi connectivity index (χ4v) is 4.08. The molecule has 1 atom stereocenters. The number of fused-ring (bicyclic) bond motifs is 1. The number of anilines is 2. The van der Waals surface area contributed by atoms with Gasteiger partial charge in [-0.1, -0.05) is 18.2 Å². The summed E-state index contributed by atoms with van der Waals surface area (Å²) in [6.45, 7) is 3.48. The Morgan fingerprint density at radius 1 is 1.17 bits per heavy atom. The number of carbonyl (C=O) groups excluding carboxylic acids is 1. The Morgan fingerprint density at radius 2 is 1.87 bits per heavy atom. The van der Waals surface area contributed by atoms with E-state index in [0.29, 0.717) is 12.1 Å². The van der Waals surface area contributed by atoms with Crippen molar-refractivity contribution in [1.29, 1.82) is 0 Å². The van der Waals surface area contributed by atoms with Crippen molar-refractivity contribution < 1.29 is 13.2 Å². The van der Waals surface area contributed by atoms with Crippen LogP contribution < -0.4 is 9.62 Å². The lowest BCUT2D eigenvalue weighted by atomic mass is 10.1. The molecule has 1 unspecified atom stereocenters. The van der Waals surface area contributed by atoms with Gasteiger partial charge in [0.05, 0.1) is 4.90 Å². The fourth-order valence-electron chi connectivity index (χ4n) is 2.97. The lowest BCUT2D eigenvalue weighted by Gasteiger charge is -2.20. The molecule has 6 heteroatoms. The van der Waals surface area contributed by atoms with E-state index in [1.54, 1.807) is 41.3 Å². The SMILES string of the molecule is CC(=O)N1c2ccc(S(=O)(=O)Nc3ccccc3)cc2CC1C. The third kappa shape index (κ3) is 2.94. The van der Waals surface area contributed by atoms with Crippen molar-refractivity contribution in [2.75, 3.05) is 9.62 Å². The molecular formula is C17H18N2O3S. The molecule has 1 heterocycles. The van der Waals surface area contributed by atoms with E-state index in [1.165, 1.54) is 13.0 Å². The van der Waals surface area contributed by atoms with Gasteiger partial charge >= 0.3 is 0 Å². The molecule has 1 aliphatic heterocycles. The molecule has 3 rings (SSSR count). The maximum atomic E-state index is 12.5. The molecule has 0 aliphatic carbocycles. The van der Waals surface area contributed by atoms with Crippen LogP contribution in [0.1, 0.15) is 19.4 Å². The maximum Gasteiger partial charge on any atom is 0.261 e. The van der Waals surface area contributed by atoms with Crippen molar-refractivity contribution in [3.63, 3.8) is 0 Å². The van der Waals surface area contributed by atoms with Gasteiger partial charge in [0.25, 0.3) is 10.0 Å². The van der Waals surface area contributed by atoms with E-state index in [4.69, 9.17) is 0 Å². The number of sulfonamides is 1. The van der Waals surface area contributed by atoms with Gasteiger partial charge < -0.3 is 4.90 Å². The Morgan fingerprint density at radius 3 is 2.52 bits per heavy atom. The highest BCUT2D eigenvalue weighted by molar-refractivity contribution is 7.92. The van der Waals surface area contributed by atoms with Crippen molar-refractivity contribution in [2.24, 2.45) is 0 Å². The predicted molar refractivity (Wildman–Crippen MR) is 90.0 cm³/mol. The molecule has 2 aromatic rings. The summed E-state index contributed by atoms with van der Waals surface area (Å²) in [7, 11) is -3.64. The van der Waals surface area contributed by atoms with E-state index in [9.17, 15) is 13.2 Å². The van der Waals surface area contributed by atoms with Gasteiger partial charge in [-0.05, 0) is 49.2 Å². The van der Waals surface area contributed by atoms with Crippen molar-refractivity contribution in [1.82, 2.24) is 0 Å². The second kappa shape index (κ2) is 5.70. The minimum atomic E-state index is -3.64. The lowest BCUT2D eigenvalue weighted by Crippen LogP contribution is -2.33. The van der Waals surface area contributed by atoms with Gasteiger partial charge in [-0.25, -0.2) is 8.42 Å². The van der Waals surface area contributed by atoms with Crippen molar-refractivity contribution in [2.45, 2.75) is 31.2 Å². The zero-order chi connectivity index (χ0) is 16.6. The summed E-state index contributed by atoms with van der Waals surface area (Å²) < 4.78 is 27.6. The highest BCUT2D eigenvalue weighted by Crippen LogP contribution is 2.34. The van der Waals surface area contributed by atoms with Crippen LogP contribution >= 0.6 is 0 Å². The molecule has 0 aromatic heterocycles. The smallest absolute Gasteiger partial charge is 0.261 e. The Labute approximate surface area is 136 Å². The minimum absolute atomic E-state index is 0.0331. The molecular weight excluding hydrogens is 312 g/mol. The third-order valence-electron chi connectivity index (χ3n) is 3.94. The molecule has 0 spiro atoms. The number of amides is 1. The maximum absolute atomic E-state index is 12.5. The van der Waals surface area contributed by atoms with E-state index < -0.39 is 10.0 Å². The van der Waals surface area contributed by atoms with Gasteiger partial charge in [0, 0.05) is 24.3 Å². The summed E-state index contributed by atoms with van der Waals surface area (Å²) in [6.07, 6.45) is 0.656. The highest BCUT2D eigenvalue weighted by Gasteiger charge is 2.30. The molecule has 2 aromatic carbocycles. The van der Waals surface area contributed by atoms with Gasteiger partial charge in [-0.3, -0.25) is 9.52 Å². The summed E-state index contributed by atoms with van der Waals surface area (Å²) in [6, 6.07) is 13.7. The number of nitrogens with one attached hydrogen (secondary N) is 1. The predicted octanol–water partition coefficient (Wildman–Crippen LogP) is 2.78. The first-order valence-electron chi connectivity index (χ1n) is 7.39. The number of carbonyl (C=O) groups is 1. The first kappa shape index (κ1) is 15.6. The van der Waals surface area contributed by atoms with Crippen LogP contribution in [0.2, 0.25) is 0 Å². The summed E-state index contributed by atoms with van der Waals surface area (Å²) in [5, 5.41) is 0. The Hall–Kier alpha value is -2.34. The van der Waals surface area contributed by atoms with Crippen LogP contribution in [0.5, 0.6) is 0 Å². The largest absolute Gasteiger partial charge is 0.309 e. The summed E-state index contributed by atoms with van der Waals surface area (Å²) >= 11 is 0. The van der Waals surface area contributed by atoms with Crippen molar-refractivity contribution >= 4 is 27.3 Å². The number of nitrogens with zero attached hydrogens (tertiary/aromatic N) is 1. The topological polar surface area (TPSA) is 66.5 Å². The Balaban J connectivity index is 1.94. The first-order chi connectivity index (χ1) is 10.9. The van der Waals surface area contributed by atoms with Crippen molar-refractivity contribution in [3.05, 3.63) is 54.1 Å². The Bertz CT molecular complexity index is 847. The zero-order valence-electron chi connectivity index (χ0n) is 13.0. The van der Waals surface area contributed by atoms with Crippen LogP contribution in [0.4, 0.5) is 11.4 Å². The molecule has 23 heavy (non-hydrogen) atoms. The average Bonchev–Trinajstić information content (AvgIpc) is 2.82. The summed E-state index contributed by atoms with van der Waals surface area (Å²) in [5.41, 5.74) is 2.19. The third-order valence-corrected chi connectivity index (χ3v) is 5.32. The van der Waals surface area contributed by atoms with Gasteiger partial charge in [-0.15, -0.1) is 0 Å². The first-order valence-corrected chi connectivity index (χ1v) is 8.87. The van der Waals surface area contributed by atoms with Crippen LogP contribution in [0.25, 0.3) is 0 Å². The molecule has 1 amide bonds. The van der Waals surface area contributed by atoms with Gasteiger partial charge in [-0.2, -0.15) is 0 Å². The van der Waals surface area contributed by atoms with E-state index >= 15 is 0 Å². The Kier molecular flexibility index (Phi) is 3.85. The molecule has 0 saturated carbocycles. The van der Waals surface area contributed by atoms with Crippen LogP contribution in [-0.2, 0) is 21.2 Å². The number of benzene rings is 2. The summed E-state index contributed by atoms with van der Waals surface area (Å²) in [5.74, 6) is -0.0331. The average molecular weight is 330 g/mol.